The summed E-state index contributed by atoms with van der Waals surface area (Å²) >= 11 is 0.862. The van der Waals surface area contributed by atoms with Crippen LogP contribution >= 0.6 is 11.8 Å². The number of amides is 3. The highest BCUT2D eigenvalue weighted by atomic mass is 32.2. The molecule has 1 heterocycles. The van der Waals surface area contributed by atoms with Gasteiger partial charge < -0.3 is 10.2 Å². The van der Waals surface area contributed by atoms with Crippen LogP contribution in [0.4, 0.5) is 10.5 Å². The van der Waals surface area contributed by atoms with Crippen LogP contribution in [0.15, 0.2) is 53.4 Å². The molecular weight excluding hydrogens is 410 g/mol. The molecular formula is C24H27N3O3S. The van der Waals surface area contributed by atoms with Crippen LogP contribution in [0.2, 0.25) is 0 Å². The topological polar surface area (TPSA) is 69.7 Å². The molecule has 6 nitrogen and oxygen atoms in total. The standard InChI is InChI=1S/C24H27N3O3S/c1-4-26(5-2)20-12-10-18(11-13-20)14-21-23(29)27(24(30)31-21)16-22(28)25-15-19-8-6-17(3)7-9-19/h6-14H,4-5,15-16H2,1-3H3,(H,25,28)/b21-14-. The monoisotopic (exact) mass is 437 g/mol. The van der Waals surface area contributed by atoms with Crippen LogP contribution in [0.1, 0.15) is 30.5 Å². The first-order valence-electron chi connectivity index (χ1n) is 10.3. The van der Waals surface area contributed by atoms with Crippen molar-refractivity contribution >= 4 is 40.6 Å². The lowest BCUT2D eigenvalue weighted by molar-refractivity contribution is -0.129. The average molecular weight is 438 g/mol. The summed E-state index contributed by atoms with van der Waals surface area (Å²) in [5, 5.41) is 2.33. The average Bonchev–Trinajstić information content (AvgIpc) is 3.02. The first kappa shape index (κ1) is 22.6. The highest BCUT2D eigenvalue weighted by Crippen LogP contribution is 2.32. The zero-order chi connectivity index (χ0) is 22.4. The van der Waals surface area contributed by atoms with Crippen molar-refractivity contribution in [2.45, 2.75) is 27.3 Å². The molecule has 0 aromatic heterocycles. The fourth-order valence-corrected chi connectivity index (χ4v) is 4.10. The maximum Gasteiger partial charge on any atom is 0.294 e. The van der Waals surface area contributed by atoms with E-state index in [0.29, 0.717) is 11.4 Å². The second kappa shape index (κ2) is 10.3. The van der Waals surface area contributed by atoms with Gasteiger partial charge in [-0.2, -0.15) is 0 Å². The molecule has 1 aliphatic heterocycles. The van der Waals surface area contributed by atoms with E-state index >= 15 is 0 Å². The van der Waals surface area contributed by atoms with E-state index in [9.17, 15) is 14.4 Å². The van der Waals surface area contributed by atoms with Crippen LogP contribution in [-0.4, -0.2) is 41.6 Å². The third kappa shape index (κ3) is 5.76. The Hall–Kier alpha value is -3.06. The Morgan fingerprint density at radius 1 is 1.03 bits per heavy atom. The molecule has 1 fully saturated rings. The number of benzene rings is 2. The third-order valence-electron chi connectivity index (χ3n) is 5.11. The number of aryl methyl sites for hydroxylation is 1. The van der Waals surface area contributed by atoms with Gasteiger partial charge in [0.2, 0.25) is 5.91 Å². The smallest absolute Gasteiger partial charge is 0.294 e. The van der Waals surface area contributed by atoms with Crippen LogP contribution in [0.5, 0.6) is 0 Å². The molecule has 1 saturated heterocycles. The number of carbonyl (C=O) groups is 3. The molecule has 2 aromatic rings. The van der Waals surface area contributed by atoms with Gasteiger partial charge in [0.15, 0.2) is 0 Å². The number of hydrogen-bond donors (Lipinski definition) is 1. The Kier molecular flexibility index (Phi) is 7.52. The summed E-state index contributed by atoms with van der Waals surface area (Å²) in [5.41, 5.74) is 4.05. The van der Waals surface area contributed by atoms with Crippen molar-refractivity contribution in [3.63, 3.8) is 0 Å². The van der Waals surface area contributed by atoms with Crippen LogP contribution in [-0.2, 0) is 16.1 Å². The number of imide groups is 1. The number of thioether (sulfide) groups is 1. The van der Waals surface area contributed by atoms with E-state index in [-0.39, 0.29) is 12.5 Å². The Labute approximate surface area is 187 Å². The zero-order valence-electron chi connectivity index (χ0n) is 18.1. The van der Waals surface area contributed by atoms with E-state index in [0.717, 1.165) is 52.1 Å². The number of anilines is 1. The minimum absolute atomic E-state index is 0.283. The zero-order valence-corrected chi connectivity index (χ0v) is 18.9. The first-order chi connectivity index (χ1) is 14.9. The predicted molar refractivity (Wildman–Crippen MR) is 126 cm³/mol. The highest BCUT2D eigenvalue weighted by molar-refractivity contribution is 8.18. The molecule has 1 aliphatic rings. The van der Waals surface area contributed by atoms with Crippen molar-refractivity contribution in [2.75, 3.05) is 24.5 Å². The van der Waals surface area contributed by atoms with Crippen molar-refractivity contribution < 1.29 is 14.4 Å². The number of carbonyl (C=O) groups excluding carboxylic acids is 3. The quantitative estimate of drug-likeness (QED) is 0.627. The second-order valence-electron chi connectivity index (χ2n) is 7.29. The summed E-state index contributed by atoms with van der Waals surface area (Å²) in [6.45, 7) is 8.10. The van der Waals surface area contributed by atoms with Gasteiger partial charge in [-0.05, 0) is 61.9 Å². The number of hydrogen-bond acceptors (Lipinski definition) is 5. The lowest BCUT2D eigenvalue weighted by atomic mass is 10.1. The minimum Gasteiger partial charge on any atom is -0.372 e. The minimum atomic E-state index is -0.437. The number of nitrogens with one attached hydrogen (secondary N) is 1. The maximum atomic E-state index is 12.7. The van der Waals surface area contributed by atoms with Gasteiger partial charge >= 0.3 is 0 Å². The lowest BCUT2D eigenvalue weighted by Crippen LogP contribution is -2.39. The lowest BCUT2D eigenvalue weighted by Gasteiger charge is -2.20. The molecule has 3 rings (SSSR count). The van der Waals surface area contributed by atoms with Crippen LogP contribution < -0.4 is 10.2 Å². The summed E-state index contributed by atoms with van der Waals surface area (Å²) in [7, 11) is 0. The van der Waals surface area contributed by atoms with Crippen molar-refractivity contribution in [1.29, 1.82) is 0 Å². The second-order valence-corrected chi connectivity index (χ2v) is 8.29. The molecule has 0 aliphatic carbocycles. The van der Waals surface area contributed by atoms with Crippen molar-refractivity contribution in [1.82, 2.24) is 10.2 Å². The van der Waals surface area contributed by atoms with E-state index < -0.39 is 11.1 Å². The van der Waals surface area contributed by atoms with Crippen molar-refractivity contribution in [3.05, 3.63) is 70.1 Å². The van der Waals surface area contributed by atoms with Crippen molar-refractivity contribution in [3.8, 4) is 0 Å². The van der Waals surface area contributed by atoms with Crippen molar-refractivity contribution in [2.24, 2.45) is 0 Å². The van der Waals surface area contributed by atoms with E-state index in [1.165, 1.54) is 0 Å². The van der Waals surface area contributed by atoms with Gasteiger partial charge in [-0.25, -0.2) is 0 Å². The summed E-state index contributed by atoms with van der Waals surface area (Å²) in [6, 6.07) is 15.7. The van der Waals surface area contributed by atoms with Gasteiger partial charge in [-0.3, -0.25) is 19.3 Å². The molecule has 0 unspecified atom stereocenters. The molecule has 0 radical (unpaired) electrons. The maximum absolute atomic E-state index is 12.7. The predicted octanol–water partition coefficient (Wildman–Crippen LogP) is 4.19. The molecule has 7 heteroatoms. The number of rotatable bonds is 8. The SMILES string of the molecule is CCN(CC)c1ccc(/C=C2\SC(=O)N(CC(=O)NCc3ccc(C)cc3)C2=O)cc1. The Morgan fingerprint density at radius 3 is 2.29 bits per heavy atom. The first-order valence-corrected chi connectivity index (χ1v) is 11.2. The van der Waals surface area contributed by atoms with E-state index in [1.54, 1.807) is 6.08 Å². The molecule has 31 heavy (non-hydrogen) atoms. The number of nitrogens with zero attached hydrogens (tertiary/aromatic N) is 2. The normalized spacial score (nSPS) is 14.9. The van der Waals surface area contributed by atoms with Gasteiger partial charge in [0.05, 0.1) is 4.91 Å². The Balaban J connectivity index is 1.60. The van der Waals surface area contributed by atoms with Gasteiger partial charge in [0.25, 0.3) is 11.1 Å². The molecule has 0 spiro atoms. The Morgan fingerprint density at radius 2 is 1.68 bits per heavy atom. The molecule has 0 saturated carbocycles. The van der Waals surface area contributed by atoms with Gasteiger partial charge in [-0.1, -0.05) is 42.0 Å². The largest absolute Gasteiger partial charge is 0.372 e. The molecule has 162 valence electrons. The summed E-state index contributed by atoms with van der Waals surface area (Å²) < 4.78 is 0. The third-order valence-corrected chi connectivity index (χ3v) is 6.01. The molecule has 2 aromatic carbocycles. The Bertz CT molecular complexity index is 980. The van der Waals surface area contributed by atoms with E-state index in [2.05, 4.69) is 24.1 Å². The fourth-order valence-electron chi connectivity index (χ4n) is 3.26. The molecule has 0 bridgehead atoms. The summed E-state index contributed by atoms with van der Waals surface area (Å²) in [4.78, 5) is 40.8. The van der Waals surface area contributed by atoms with Gasteiger partial charge in [-0.15, -0.1) is 0 Å². The fraction of sp³-hybridized carbons (Fsp3) is 0.292. The van der Waals surface area contributed by atoms with Gasteiger partial charge in [0, 0.05) is 25.3 Å². The molecule has 0 atom stereocenters. The highest BCUT2D eigenvalue weighted by Gasteiger charge is 2.36. The van der Waals surface area contributed by atoms with Crippen LogP contribution in [0, 0.1) is 6.92 Å². The van der Waals surface area contributed by atoms with Crippen LogP contribution in [0.3, 0.4) is 0 Å². The van der Waals surface area contributed by atoms with E-state index in [4.69, 9.17) is 0 Å². The van der Waals surface area contributed by atoms with Crippen LogP contribution in [0.25, 0.3) is 6.08 Å². The molecule has 1 N–H and O–H groups in total. The summed E-state index contributed by atoms with van der Waals surface area (Å²) in [6.07, 6.45) is 1.70. The van der Waals surface area contributed by atoms with E-state index in [1.807, 2.05) is 55.5 Å². The van der Waals surface area contributed by atoms with Gasteiger partial charge in [0.1, 0.15) is 6.54 Å². The molecule has 3 amide bonds. The summed E-state index contributed by atoms with van der Waals surface area (Å²) in [5.74, 6) is -0.805.